The largest absolute Gasteiger partial charge is 0.339 e. The van der Waals surface area contributed by atoms with E-state index in [0.29, 0.717) is 37.7 Å². The number of amides is 1. The summed E-state index contributed by atoms with van der Waals surface area (Å²) in [4.78, 5) is 17.1. The van der Waals surface area contributed by atoms with Crippen molar-refractivity contribution in [3.63, 3.8) is 0 Å². The van der Waals surface area contributed by atoms with Crippen LogP contribution < -0.4 is 0 Å². The summed E-state index contributed by atoms with van der Waals surface area (Å²) in [6.45, 7) is 9.95. The van der Waals surface area contributed by atoms with E-state index in [1.807, 2.05) is 18.9 Å². The summed E-state index contributed by atoms with van der Waals surface area (Å²) in [5.41, 5.74) is 0.443. The van der Waals surface area contributed by atoms with Crippen LogP contribution in [0.3, 0.4) is 0 Å². The molecule has 0 radical (unpaired) electrons. The van der Waals surface area contributed by atoms with Gasteiger partial charge in [0.1, 0.15) is 0 Å². The number of sulfonamides is 1. The lowest BCUT2D eigenvalue weighted by Gasteiger charge is -2.31. The Morgan fingerprint density at radius 1 is 1.11 bits per heavy atom. The Balaban J connectivity index is 2.21. The predicted octanol–water partition coefficient (Wildman–Crippen LogP) is 2.52. The summed E-state index contributed by atoms with van der Waals surface area (Å²) >= 11 is 0. The zero-order valence-corrected chi connectivity index (χ0v) is 17.8. The van der Waals surface area contributed by atoms with Crippen molar-refractivity contribution in [1.29, 1.82) is 0 Å². The molecule has 0 unspecified atom stereocenters. The van der Waals surface area contributed by atoms with Gasteiger partial charge in [0.05, 0.1) is 4.90 Å². The minimum Gasteiger partial charge on any atom is -0.339 e. The summed E-state index contributed by atoms with van der Waals surface area (Å²) in [5.74, 6) is 0.367. The average Bonchev–Trinajstić information content (AvgIpc) is 2.69. The first-order valence-corrected chi connectivity index (χ1v) is 11.3. The molecule has 0 atom stereocenters. The SMILES string of the molecule is CCC(CC)CN(CC)C(=O)c1cccc(S(=O)(=O)N2CCN(C)CC2)c1. The minimum atomic E-state index is -3.57. The zero-order valence-electron chi connectivity index (χ0n) is 17.0. The van der Waals surface area contributed by atoms with Gasteiger partial charge in [-0.15, -0.1) is 0 Å². The number of carbonyl (C=O) groups excluding carboxylic acids is 1. The number of rotatable bonds is 8. The van der Waals surface area contributed by atoms with Crippen molar-refractivity contribution in [3.05, 3.63) is 29.8 Å². The lowest BCUT2D eigenvalue weighted by atomic mass is 10.0. The van der Waals surface area contributed by atoms with Crippen LogP contribution >= 0.6 is 0 Å². The van der Waals surface area contributed by atoms with Crippen molar-refractivity contribution < 1.29 is 13.2 Å². The highest BCUT2D eigenvalue weighted by molar-refractivity contribution is 7.89. The van der Waals surface area contributed by atoms with Gasteiger partial charge in [0.15, 0.2) is 0 Å². The van der Waals surface area contributed by atoms with Crippen LogP contribution in [0.2, 0.25) is 0 Å². The lowest BCUT2D eigenvalue weighted by molar-refractivity contribution is 0.0734. The van der Waals surface area contributed by atoms with E-state index in [0.717, 1.165) is 25.9 Å². The summed E-state index contributed by atoms with van der Waals surface area (Å²) in [6.07, 6.45) is 2.05. The lowest BCUT2D eigenvalue weighted by Crippen LogP contribution is -2.47. The fraction of sp³-hybridized carbons (Fsp3) is 0.650. The van der Waals surface area contributed by atoms with Gasteiger partial charge in [0.25, 0.3) is 5.91 Å². The molecule has 7 heteroatoms. The second-order valence-electron chi connectivity index (χ2n) is 7.26. The number of carbonyl (C=O) groups is 1. The molecule has 0 aliphatic carbocycles. The summed E-state index contributed by atoms with van der Waals surface area (Å²) < 4.78 is 27.4. The molecule has 2 rings (SSSR count). The molecule has 0 saturated carbocycles. The third-order valence-corrected chi connectivity index (χ3v) is 7.38. The maximum Gasteiger partial charge on any atom is 0.253 e. The third-order valence-electron chi connectivity index (χ3n) is 5.48. The van der Waals surface area contributed by atoms with Gasteiger partial charge in [-0.2, -0.15) is 4.31 Å². The molecule has 1 aliphatic heterocycles. The highest BCUT2D eigenvalue weighted by Crippen LogP contribution is 2.20. The second-order valence-corrected chi connectivity index (χ2v) is 9.20. The molecule has 152 valence electrons. The number of piperazine rings is 1. The van der Waals surface area contributed by atoms with E-state index in [-0.39, 0.29) is 10.8 Å². The van der Waals surface area contributed by atoms with Crippen molar-refractivity contribution >= 4 is 15.9 Å². The molecule has 6 nitrogen and oxygen atoms in total. The van der Waals surface area contributed by atoms with E-state index in [2.05, 4.69) is 18.7 Å². The maximum absolute atomic E-state index is 13.0. The first-order chi connectivity index (χ1) is 12.8. The zero-order chi connectivity index (χ0) is 20.0. The van der Waals surface area contributed by atoms with Crippen molar-refractivity contribution in [2.45, 2.75) is 38.5 Å². The number of hydrogen-bond acceptors (Lipinski definition) is 4. The Morgan fingerprint density at radius 3 is 2.30 bits per heavy atom. The normalized spacial score (nSPS) is 16.6. The molecule has 1 aliphatic rings. The van der Waals surface area contributed by atoms with Crippen LogP contribution in [0.25, 0.3) is 0 Å². The Bertz CT molecular complexity index is 724. The standard InChI is InChI=1S/C20H33N3O3S/c1-5-17(6-2)16-22(7-3)20(24)18-9-8-10-19(15-18)27(25,26)23-13-11-21(4)12-14-23/h8-10,15,17H,5-7,11-14,16H2,1-4H3. The molecule has 0 spiro atoms. The van der Waals surface area contributed by atoms with Crippen molar-refractivity contribution in [1.82, 2.24) is 14.1 Å². The van der Waals surface area contributed by atoms with Crippen LogP contribution in [-0.2, 0) is 10.0 Å². The average molecular weight is 396 g/mol. The quantitative estimate of drug-likeness (QED) is 0.679. The van der Waals surface area contributed by atoms with Crippen molar-refractivity contribution in [2.75, 3.05) is 46.3 Å². The molecular weight excluding hydrogens is 362 g/mol. The van der Waals surface area contributed by atoms with Gasteiger partial charge in [-0.05, 0) is 38.1 Å². The molecule has 0 N–H and O–H groups in total. The maximum atomic E-state index is 13.0. The smallest absolute Gasteiger partial charge is 0.253 e. The molecule has 1 aromatic carbocycles. The second kappa shape index (κ2) is 9.66. The summed E-state index contributed by atoms with van der Waals surface area (Å²) in [5, 5.41) is 0. The van der Waals surface area contributed by atoms with E-state index in [4.69, 9.17) is 0 Å². The van der Waals surface area contributed by atoms with Gasteiger partial charge >= 0.3 is 0 Å². The van der Waals surface area contributed by atoms with Crippen molar-refractivity contribution in [3.8, 4) is 0 Å². The van der Waals surface area contributed by atoms with Gasteiger partial charge in [-0.1, -0.05) is 32.8 Å². The molecule has 1 fully saturated rings. The van der Waals surface area contributed by atoms with Crippen LogP contribution in [-0.4, -0.2) is 74.7 Å². The van der Waals surface area contributed by atoms with Crippen LogP contribution in [0.1, 0.15) is 44.0 Å². The summed E-state index contributed by atoms with van der Waals surface area (Å²) in [6, 6.07) is 6.50. The number of benzene rings is 1. The summed E-state index contributed by atoms with van der Waals surface area (Å²) in [7, 11) is -1.58. The Labute approximate surface area is 164 Å². The Kier molecular flexibility index (Phi) is 7.82. The number of nitrogens with zero attached hydrogens (tertiary/aromatic N) is 3. The van der Waals surface area contributed by atoms with Gasteiger partial charge in [0, 0.05) is 44.8 Å². The van der Waals surface area contributed by atoms with Gasteiger partial charge < -0.3 is 9.80 Å². The van der Waals surface area contributed by atoms with Crippen LogP contribution in [0.5, 0.6) is 0 Å². The van der Waals surface area contributed by atoms with Crippen LogP contribution in [0, 0.1) is 5.92 Å². The van der Waals surface area contributed by atoms with Crippen LogP contribution in [0.15, 0.2) is 29.2 Å². The minimum absolute atomic E-state index is 0.0974. The van der Waals surface area contributed by atoms with Gasteiger partial charge in [-0.25, -0.2) is 8.42 Å². The molecule has 27 heavy (non-hydrogen) atoms. The number of likely N-dealkylation sites (N-methyl/N-ethyl adjacent to an activating group) is 1. The molecule has 1 aromatic rings. The topological polar surface area (TPSA) is 60.9 Å². The first kappa shape index (κ1) is 21.9. The van der Waals surface area contributed by atoms with Crippen molar-refractivity contribution in [2.24, 2.45) is 5.92 Å². The van der Waals surface area contributed by atoms with E-state index < -0.39 is 10.0 Å². The Morgan fingerprint density at radius 2 is 1.74 bits per heavy atom. The van der Waals surface area contributed by atoms with Gasteiger partial charge in [0.2, 0.25) is 10.0 Å². The molecule has 1 heterocycles. The van der Waals surface area contributed by atoms with E-state index >= 15 is 0 Å². The first-order valence-electron chi connectivity index (χ1n) is 9.91. The van der Waals surface area contributed by atoms with E-state index in [9.17, 15) is 13.2 Å². The van der Waals surface area contributed by atoms with Crippen LogP contribution in [0.4, 0.5) is 0 Å². The predicted molar refractivity (Wildman–Crippen MR) is 108 cm³/mol. The van der Waals surface area contributed by atoms with E-state index in [1.54, 1.807) is 18.2 Å². The molecule has 0 bridgehead atoms. The molecule has 1 saturated heterocycles. The molecule has 0 aromatic heterocycles. The third kappa shape index (κ3) is 5.30. The highest BCUT2D eigenvalue weighted by Gasteiger charge is 2.28. The molecular formula is C20H33N3O3S. The molecule has 1 amide bonds. The van der Waals surface area contributed by atoms with E-state index in [1.165, 1.54) is 10.4 Å². The fourth-order valence-corrected chi connectivity index (χ4v) is 4.83. The fourth-order valence-electron chi connectivity index (χ4n) is 3.36. The Hall–Kier alpha value is -1.44. The van der Waals surface area contributed by atoms with Gasteiger partial charge in [-0.3, -0.25) is 4.79 Å². The monoisotopic (exact) mass is 395 g/mol. The number of hydrogen-bond donors (Lipinski definition) is 0. The highest BCUT2D eigenvalue weighted by atomic mass is 32.2.